The van der Waals surface area contributed by atoms with Gasteiger partial charge in [-0.2, -0.15) is 0 Å². The first-order valence-electron chi connectivity index (χ1n) is 5.90. The second-order valence-electron chi connectivity index (χ2n) is 3.55. The van der Waals surface area contributed by atoms with E-state index in [1.807, 2.05) is 6.08 Å². The van der Waals surface area contributed by atoms with Crippen molar-refractivity contribution in [3.8, 4) is 11.8 Å². The molecule has 1 nitrogen and oxygen atoms in total. The molecule has 0 saturated carbocycles. The summed E-state index contributed by atoms with van der Waals surface area (Å²) in [4.78, 5) is 0. The lowest BCUT2D eigenvalue weighted by Gasteiger charge is -1.96. The van der Waals surface area contributed by atoms with E-state index < -0.39 is 0 Å². The van der Waals surface area contributed by atoms with Crippen LogP contribution in [0.5, 0.6) is 0 Å². The summed E-state index contributed by atoms with van der Waals surface area (Å²) >= 11 is 0. The molecule has 0 spiro atoms. The maximum absolute atomic E-state index is 8.38. The Kier molecular flexibility index (Phi) is 12.2. The van der Waals surface area contributed by atoms with E-state index in [0.29, 0.717) is 0 Å². The van der Waals surface area contributed by atoms with Gasteiger partial charge in [0.2, 0.25) is 0 Å². The topological polar surface area (TPSA) is 20.2 Å². The zero-order valence-electron chi connectivity index (χ0n) is 9.76. The number of unbranched alkanes of at least 4 members (excludes halogenated alkanes) is 6. The van der Waals surface area contributed by atoms with Crippen LogP contribution in [0.2, 0.25) is 0 Å². The highest BCUT2D eigenvalue weighted by Gasteiger charge is 1.87. The quantitative estimate of drug-likeness (QED) is 0.384. The second kappa shape index (κ2) is 13.0. The third-order valence-electron chi connectivity index (χ3n) is 2.16. The third-order valence-corrected chi connectivity index (χ3v) is 2.16. The highest BCUT2D eigenvalue weighted by Crippen LogP contribution is 2.06. The first-order chi connectivity index (χ1) is 7.41. The van der Waals surface area contributed by atoms with Gasteiger partial charge in [-0.25, -0.2) is 0 Å². The van der Waals surface area contributed by atoms with Crippen molar-refractivity contribution in [1.82, 2.24) is 0 Å². The first-order valence-corrected chi connectivity index (χ1v) is 5.90. The van der Waals surface area contributed by atoms with E-state index in [-0.39, 0.29) is 6.61 Å². The SMILES string of the molecule is CCCCCCCCC=C=CC#CCO. The molecule has 0 heterocycles. The van der Waals surface area contributed by atoms with Gasteiger partial charge in [0.05, 0.1) is 0 Å². The maximum Gasteiger partial charge on any atom is 0.104 e. The van der Waals surface area contributed by atoms with Gasteiger partial charge in [-0.05, 0) is 18.9 Å². The Labute approximate surface area is 93.9 Å². The minimum atomic E-state index is -0.0738. The van der Waals surface area contributed by atoms with Crippen molar-refractivity contribution in [3.05, 3.63) is 17.9 Å². The molecule has 0 amide bonds. The minimum absolute atomic E-state index is 0.0738. The molecule has 84 valence electrons. The van der Waals surface area contributed by atoms with Gasteiger partial charge in [0.15, 0.2) is 0 Å². The highest BCUT2D eigenvalue weighted by molar-refractivity contribution is 5.14. The summed E-state index contributed by atoms with van der Waals surface area (Å²) < 4.78 is 0. The number of allylic oxidation sites excluding steroid dienone is 1. The van der Waals surface area contributed by atoms with Gasteiger partial charge in [0.25, 0.3) is 0 Å². The molecule has 0 bridgehead atoms. The van der Waals surface area contributed by atoms with Crippen molar-refractivity contribution in [2.24, 2.45) is 0 Å². The fraction of sp³-hybridized carbons (Fsp3) is 0.643. The smallest absolute Gasteiger partial charge is 0.104 e. The van der Waals surface area contributed by atoms with Crippen LogP contribution in [0.25, 0.3) is 0 Å². The molecule has 0 unspecified atom stereocenters. The summed E-state index contributed by atoms with van der Waals surface area (Å²) in [5, 5.41) is 8.38. The lowest BCUT2D eigenvalue weighted by molar-refractivity contribution is 0.350. The molecular weight excluding hydrogens is 184 g/mol. The van der Waals surface area contributed by atoms with Crippen LogP contribution in [0, 0.1) is 11.8 Å². The fourth-order valence-corrected chi connectivity index (χ4v) is 1.31. The van der Waals surface area contributed by atoms with E-state index in [9.17, 15) is 0 Å². The van der Waals surface area contributed by atoms with Gasteiger partial charge in [0.1, 0.15) is 6.61 Å². The number of aliphatic hydroxyl groups excluding tert-OH is 1. The molecule has 15 heavy (non-hydrogen) atoms. The van der Waals surface area contributed by atoms with Gasteiger partial charge >= 0.3 is 0 Å². The van der Waals surface area contributed by atoms with Crippen LogP contribution in [0.3, 0.4) is 0 Å². The summed E-state index contributed by atoms with van der Waals surface area (Å²) in [5.74, 6) is 5.23. The van der Waals surface area contributed by atoms with Crippen LogP contribution in [0.1, 0.15) is 51.9 Å². The Hall–Kier alpha value is -0.960. The standard InChI is InChI=1S/C14H22O/c1-2-3-4-5-6-7-8-9-10-11-12-13-14-15/h9,11,15H,2-8,14H2,1H3. The lowest BCUT2D eigenvalue weighted by Crippen LogP contribution is -1.77. The second-order valence-corrected chi connectivity index (χ2v) is 3.55. The average molecular weight is 206 g/mol. The molecule has 0 saturated heterocycles. The van der Waals surface area contributed by atoms with Crippen LogP contribution in [-0.4, -0.2) is 11.7 Å². The summed E-state index contributed by atoms with van der Waals surface area (Å²) in [6.45, 7) is 2.16. The van der Waals surface area contributed by atoms with Crippen molar-refractivity contribution in [2.45, 2.75) is 51.9 Å². The molecule has 0 aromatic carbocycles. The Morgan fingerprint density at radius 3 is 2.53 bits per heavy atom. The predicted molar refractivity (Wildman–Crippen MR) is 65.5 cm³/mol. The molecule has 0 radical (unpaired) electrons. The largest absolute Gasteiger partial charge is 0.384 e. The summed E-state index contributed by atoms with van der Waals surface area (Å²) in [5.41, 5.74) is 2.99. The summed E-state index contributed by atoms with van der Waals surface area (Å²) in [6.07, 6.45) is 12.7. The van der Waals surface area contributed by atoms with Gasteiger partial charge in [-0.3, -0.25) is 0 Å². The molecular formula is C14H22O. The van der Waals surface area contributed by atoms with E-state index in [0.717, 1.165) is 6.42 Å². The van der Waals surface area contributed by atoms with Gasteiger partial charge in [-0.15, -0.1) is 5.73 Å². The molecule has 0 aromatic rings. The molecule has 0 aliphatic carbocycles. The summed E-state index contributed by atoms with van der Waals surface area (Å²) in [7, 11) is 0. The Morgan fingerprint density at radius 2 is 1.80 bits per heavy atom. The molecule has 0 atom stereocenters. The zero-order valence-corrected chi connectivity index (χ0v) is 9.76. The molecule has 1 heteroatoms. The predicted octanol–water partition coefficient (Wildman–Crippen LogP) is 3.44. The van der Waals surface area contributed by atoms with Crippen LogP contribution < -0.4 is 0 Å². The molecule has 0 aliphatic heterocycles. The Morgan fingerprint density at radius 1 is 1.07 bits per heavy atom. The van der Waals surface area contributed by atoms with Crippen LogP contribution in [0.4, 0.5) is 0 Å². The van der Waals surface area contributed by atoms with E-state index in [1.54, 1.807) is 6.08 Å². The van der Waals surface area contributed by atoms with Crippen molar-refractivity contribution in [3.63, 3.8) is 0 Å². The van der Waals surface area contributed by atoms with E-state index in [2.05, 4.69) is 24.5 Å². The van der Waals surface area contributed by atoms with Crippen LogP contribution in [0.15, 0.2) is 17.9 Å². The molecule has 0 rings (SSSR count). The molecule has 0 aromatic heterocycles. The number of aliphatic hydroxyl groups is 1. The van der Waals surface area contributed by atoms with E-state index in [4.69, 9.17) is 5.11 Å². The van der Waals surface area contributed by atoms with Crippen LogP contribution in [-0.2, 0) is 0 Å². The monoisotopic (exact) mass is 206 g/mol. The highest BCUT2D eigenvalue weighted by atomic mass is 16.2. The fourth-order valence-electron chi connectivity index (χ4n) is 1.31. The van der Waals surface area contributed by atoms with E-state index >= 15 is 0 Å². The van der Waals surface area contributed by atoms with Crippen LogP contribution >= 0.6 is 0 Å². The van der Waals surface area contributed by atoms with Crippen molar-refractivity contribution < 1.29 is 5.11 Å². The number of rotatable bonds is 7. The van der Waals surface area contributed by atoms with Crippen molar-refractivity contribution in [2.75, 3.05) is 6.61 Å². The molecule has 0 fully saturated rings. The zero-order chi connectivity index (χ0) is 11.2. The van der Waals surface area contributed by atoms with Gasteiger partial charge < -0.3 is 5.11 Å². The Bertz CT molecular complexity index is 236. The minimum Gasteiger partial charge on any atom is -0.384 e. The average Bonchev–Trinajstić information content (AvgIpc) is 2.26. The number of hydrogen-bond donors (Lipinski definition) is 1. The molecule has 1 N–H and O–H groups in total. The van der Waals surface area contributed by atoms with Gasteiger partial charge in [-0.1, -0.05) is 50.9 Å². The normalized spacial score (nSPS) is 8.67. The summed E-state index contributed by atoms with van der Waals surface area (Å²) in [6, 6.07) is 0. The first kappa shape index (κ1) is 14.0. The maximum atomic E-state index is 8.38. The third kappa shape index (κ3) is 13.0. The van der Waals surface area contributed by atoms with Crippen molar-refractivity contribution in [1.29, 1.82) is 0 Å². The van der Waals surface area contributed by atoms with Crippen molar-refractivity contribution >= 4 is 0 Å². The lowest BCUT2D eigenvalue weighted by atomic mass is 10.1. The number of hydrogen-bond acceptors (Lipinski definition) is 1. The van der Waals surface area contributed by atoms with Gasteiger partial charge in [0, 0.05) is 6.08 Å². The Balaban J connectivity index is 3.26. The van der Waals surface area contributed by atoms with E-state index in [1.165, 1.54) is 38.5 Å². The molecule has 0 aliphatic rings.